The molecule has 4 nitrogen and oxygen atoms in total. The van der Waals surface area contributed by atoms with Crippen molar-refractivity contribution >= 4 is 5.96 Å². The molecular weight excluding hydrogens is 272 g/mol. The number of nitrogens with zero attached hydrogens (tertiary/aromatic N) is 2. The molecule has 0 heterocycles. The molecule has 0 aliphatic heterocycles. The molecule has 0 radical (unpaired) electrons. The summed E-state index contributed by atoms with van der Waals surface area (Å²) in [6.07, 6.45) is 0. The Labute approximate surface area is 136 Å². The number of nitrogens with one attached hydrogen (secondary N) is 2. The predicted octanol–water partition coefficient (Wildman–Crippen LogP) is 2.99. The molecule has 0 fully saturated rings. The van der Waals surface area contributed by atoms with Crippen LogP contribution in [-0.2, 0) is 13.1 Å². The van der Waals surface area contributed by atoms with Gasteiger partial charge in [0.05, 0.1) is 0 Å². The number of guanidine groups is 1. The van der Waals surface area contributed by atoms with E-state index in [1.807, 2.05) is 0 Å². The Bertz CT molecular complexity index is 486. The summed E-state index contributed by atoms with van der Waals surface area (Å²) < 4.78 is 0. The first-order valence-electron chi connectivity index (χ1n) is 7.99. The van der Waals surface area contributed by atoms with Gasteiger partial charge in [-0.25, -0.2) is 0 Å². The molecule has 2 N–H and O–H groups in total. The van der Waals surface area contributed by atoms with Gasteiger partial charge in [-0.05, 0) is 52.8 Å². The Morgan fingerprint density at radius 1 is 1.18 bits per heavy atom. The maximum atomic E-state index is 4.29. The van der Waals surface area contributed by atoms with Crippen LogP contribution in [0.25, 0.3) is 0 Å². The summed E-state index contributed by atoms with van der Waals surface area (Å²) in [7, 11) is 3.97. The third kappa shape index (κ3) is 6.48. The van der Waals surface area contributed by atoms with Crippen LogP contribution in [0.5, 0.6) is 0 Å². The third-order valence-corrected chi connectivity index (χ3v) is 3.58. The zero-order chi connectivity index (χ0) is 16.8. The van der Waals surface area contributed by atoms with Gasteiger partial charge < -0.3 is 10.6 Å². The SMILES string of the molecule is CN=C(NCc1ccccc1CN(C)C(C)C)NC(C)(C)C. The van der Waals surface area contributed by atoms with Crippen LogP contribution in [0.1, 0.15) is 45.7 Å². The largest absolute Gasteiger partial charge is 0.352 e. The summed E-state index contributed by atoms with van der Waals surface area (Å²) in [4.78, 5) is 6.64. The summed E-state index contributed by atoms with van der Waals surface area (Å²) in [5.74, 6) is 0.833. The fraction of sp³-hybridized carbons (Fsp3) is 0.611. The van der Waals surface area contributed by atoms with Gasteiger partial charge in [-0.2, -0.15) is 0 Å². The van der Waals surface area contributed by atoms with E-state index >= 15 is 0 Å². The Morgan fingerprint density at radius 2 is 1.77 bits per heavy atom. The highest BCUT2D eigenvalue weighted by atomic mass is 15.2. The Balaban J connectivity index is 2.73. The highest BCUT2D eigenvalue weighted by Crippen LogP contribution is 2.12. The van der Waals surface area contributed by atoms with Crippen LogP contribution >= 0.6 is 0 Å². The van der Waals surface area contributed by atoms with Crippen molar-refractivity contribution in [2.45, 2.75) is 59.3 Å². The van der Waals surface area contributed by atoms with Gasteiger partial charge in [0.2, 0.25) is 0 Å². The molecule has 0 aliphatic carbocycles. The lowest BCUT2D eigenvalue weighted by Crippen LogP contribution is -2.47. The molecule has 22 heavy (non-hydrogen) atoms. The maximum absolute atomic E-state index is 4.29. The minimum atomic E-state index is -0.000772. The van der Waals surface area contributed by atoms with Crippen molar-refractivity contribution in [3.63, 3.8) is 0 Å². The van der Waals surface area contributed by atoms with Crippen molar-refractivity contribution in [3.05, 3.63) is 35.4 Å². The second kappa shape index (κ2) is 8.18. The van der Waals surface area contributed by atoms with E-state index in [9.17, 15) is 0 Å². The molecule has 1 aromatic rings. The van der Waals surface area contributed by atoms with Crippen LogP contribution in [0, 0.1) is 0 Å². The topological polar surface area (TPSA) is 39.7 Å². The van der Waals surface area contributed by atoms with Gasteiger partial charge in [0, 0.05) is 31.7 Å². The average molecular weight is 304 g/mol. The van der Waals surface area contributed by atoms with Crippen LogP contribution in [0.3, 0.4) is 0 Å². The first-order chi connectivity index (χ1) is 10.2. The standard InChI is InChI=1S/C18H32N4/c1-14(2)22(7)13-16-11-9-8-10-15(16)12-20-17(19-6)21-18(3,4)5/h8-11,14H,12-13H2,1-7H3,(H2,19,20,21). The number of hydrogen-bond acceptors (Lipinski definition) is 2. The zero-order valence-electron chi connectivity index (χ0n) is 15.2. The van der Waals surface area contributed by atoms with Gasteiger partial charge >= 0.3 is 0 Å². The summed E-state index contributed by atoms with van der Waals surface area (Å²) in [6.45, 7) is 12.6. The van der Waals surface area contributed by atoms with E-state index in [-0.39, 0.29) is 5.54 Å². The highest BCUT2D eigenvalue weighted by molar-refractivity contribution is 5.80. The number of rotatable bonds is 5. The fourth-order valence-corrected chi connectivity index (χ4v) is 2.05. The van der Waals surface area contributed by atoms with Crippen LogP contribution in [0.15, 0.2) is 29.3 Å². The number of aliphatic imine (C=N–C) groups is 1. The number of hydrogen-bond donors (Lipinski definition) is 2. The van der Waals surface area contributed by atoms with Crippen LogP contribution in [0.4, 0.5) is 0 Å². The summed E-state index contributed by atoms with van der Waals surface area (Å²) in [5.41, 5.74) is 2.67. The molecule has 0 amide bonds. The van der Waals surface area contributed by atoms with E-state index in [1.165, 1.54) is 11.1 Å². The molecule has 124 valence electrons. The molecule has 4 heteroatoms. The molecular formula is C18H32N4. The molecule has 0 spiro atoms. The van der Waals surface area contributed by atoms with Gasteiger partial charge in [-0.3, -0.25) is 9.89 Å². The minimum absolute atomic E-state index is 0.000772. The zero-order valence-corrected chi connectivity index (χ0v) is 15.2. The van der Waals surface area contributed by atoms with Gasteiger partial charge in [0.1, 0.15) is 0 Å². The van der Waals surface area contributed by atoms with E-state index in [0.29, 0.717) is 6.04 Å². The van der Waals surface area contributed by atoms with Gasteiger partial charge in [-0.1, -0.05) is 24.3 Å². The Kier molecular flexibility index (Phi) is 6.88. The molecule has 0 aromatic heterocycles. The van der Waals surface area contributed by atoms with Gasteiger partial charge in [0.15, 0.2) is 5.96 Å². The molecule has 0 unspecified atom stereocenters. The normalized spacial score (nSPS) is 12.9. The van der Waals surface area contributed by atoms with E-state index in [2.05, 4.69) is 86.5 Å². The van der Waals surface area contributed by atoms with Gasteiger partial charge in [0.25, 0.3) is 0 Å². The van der Waals surface area contributed by atoms with E-state index < -0.39 is 0 Å². The predicted molar refractivity (Wildman–Crippen MR) is 96.1 cm³/mol. The van der Waals surface area contributed by atoms with Gasteiger partial charge in [-0.15, -0.1) is 0 Å². The maximum Gasteiger partial charge on any atom is 0.191 e. The molecule has 0 aliphatic rings. The third-order valence-electron chi connectivity index (χ3n) is 3.58. The fourth-order valence-electron chi connectivity index (χ4n) is 2.05. The molecule has 1 rings (SSSR count). The smallest absolute Gasteiger partial charge is 0.191 e. The Morgan fingerprint density at radius 3 is 2.27 bits per heavy atom. The van der Waals surface area contributed by atoms with E-state index in [1.54, 1.807) is 7.05 Å². The van der Waals surface area contributed by atoms with Crippen LogP contribution in [0.2, 0.25) is 0 Å². The van der Waals surface area contributed by atoms with E-state index in [4.69, 9.17) is 0 Å². The summed E-state index contributed by atoms with van der Waals surface area (Å²) >= 11 is 0. The Hall–Kier alpha value is -1.55. The van der Waals surface area contributed by atoms with Crippen molar-refractivity contribution < 1.29 is 0 Å². The molecule has 0 saturated carbocycles. The van der Waals surface area contributed by atoms with Crippen molar-refractivity contribution in [1.29, 1.82) is 0 Å². The number of benzene rings is 1. The summed E-state index contributed by atoms with van der Waals surface area (Å²) in [5, 5.41) is 6.79. The van der Waals surface area contributed by atoms with Crippen molar-refractivity contribution in [2.24, 2.45) is 4.99 Å². The molecule has 0 saturated heterocycles. The second-order valence-corrected chi connectivity index (χ2v) is 7.08. The molecule has 0 atom stereocenters. The molecule has 1 aromatic carbocycles. The van der Waals surface area contributed by atoms with Crippen LogP contribution < -0.4 is 10.6 Å². The molecule has 0 bridgehead atoms. The second-order valence-electron chi connectivity index (χ2n) is 7.08. The minimum Gasteiger partial charge on any atom is -0.352 e. The first-order valence-corrected chi connectivity index (χ1v) is 7.99. The average Bonchev–Trinajstić information content (AvgIpc) is 2.43. The van der Waals surface area contributed by atoms with Crippen molar-refractivity contribution in [2.75, 3.05) is 14.1 Å². The lowest BCUT2D eigenvalue weighted by Gasteiger charge is -2.25. The van der Waals surface area contributed by atoms with Crippen molar-refractivity contribution in [3.8, 4) is 0 Å². The van der Waals surface area contributed by atoms with Crippen LogP contribution in [-0.4, -0.2) is 36.5 Å². The highest BCUT2D eigenvalue weighted by Gasteiger charge is 2.12. The first kappa shape index (κ1) is 18.5. The quantitative estimate of drug-likeness (QED) is 0.649. The monoisotopic (exact) mass is 304 g/mol. The summed E-state index contributed by atoms with van der Waals surface area (Å²) in [6, 6.07) is 9.12. The lowest BCUT2D eigenvalue weighted by molar-refractivity contribution is 0.265. The van der Waals surface area contributed by atoms with Crippen molar-refractivity contribution in [1.82, 2.24) is 15.5 Å². The lowest BCUT2D eigenvalue weighted by atomic mass is 10.1. The van der Waals surface area contributed by atoms with E-state index in [0.717, 1.165) is 19.0 Å².